The summed E-state index contributed by atoms with van der Waals surface area (Å²) >= 11 is 5.79. The number of benzene rings is 1. The Morgan fingerprint density at radius 1 is 1.29 bits per heavy atom. The molecule has 2 aliphatic carbocycles. The molecule has 1 aromatic carbocycles. The van der Waals surface area contributed by atoms with Crippen LogP contribution in [-0.4, -0.2) is 27.0 Å². The number of halogens is 2. The van der Waals surface area contributed by atoms with E-state index < -0.39 is 5.82 Å². The highest BCUT2D eigenvalue weighted by Gasteiger charge is 2.48. The van der Waals surface area contributed by atoms with E-state index in [1.165, 1.54) is 0 Å². The van der Waals surface area contributed by atoms with Gasteiger partial charge in [-0.05, 0) is 54.5 Å². The largest absolute Gasteiger partial charge is 0.508 e. The summed E-state index contributed by atoms with van der Waals surface area (Å²) in [7, 11) is 0. The monoisotopic (exact) mass is 402 g/mol. The van der Waals surface area contributed by atoms with Crippen molar-refractivity contribution in [3.63, 3.8) is 0 Å². The van der Waals surface area contributed by atoms with E-state index >= 15 is 0 Å². The lowest BCUT2D eigenvalue weighted by Crippen LogP contribution is -2.44. The van der Waals surface area contributed by atoms with Crippen LogP contribution >= 0.6 is 11.6 Å². The molecule has 1 amide bonds. The molecule has 4 rings (SSSR count). The minimum atomic E-state index is -0.604. The zero-order valence-electron chi connectivity index (χ0n) is 15.1. The third-order valence-electron chi connectivity index (χ3n) is 5.53. The van der Waals surface area contributed by atoms with Gasteiger partial charge < -0.3 is 15.7 Å². The lowest BCUT2D eigenvalue weighted by Gasteiger charge is -2.29. The molecular formula is C20H20ClFN4O2. The minimum Gasteiger partial charge on any atom is -0.508 e. The molecule has 0 radical (unpaired) electrons. The number of nitrogens with one attached hydrogen (secondary N) is 2. The van der Waals surface area contributed by atoms with Crippen LogP contribution < -0.4 is 10.6 Å². The number of allylic oxidation sites excluding steroid dienone is 1. The number of hydrogen-bond donors (Lipinski definition) is 3. The first kappa shape index (κ1) is 18.7. The van der Waals surface area contributed by atoms with E-state index in [4.69, 9.17) is 11.6 Å². The SMILES string of the molecule is C[C@@H](NC(=O)[C@H]1[C@@H](Nc2nc(Cl)ncc2F)[C@@H]2C=C[C@H]1C2)c1ccc(O)cc1. The first-order valence-corrected chi connectivity index (χ1v) is 9.52. The average Bonchev–Trinajstić information content (AvgIpc) is 3.26. The molecule has 5 atom stereocenters. The van der Waals surface area contributed by atoms with Crippen LogP contribution in [0, 0.1) is 23.6 Å². The highest BCUT2D eigenvalue weighted by atomic mass is 35.5. The summed E-state index contributed by atoms with van der Waals surface area (Å²) < 4.78 is 14.1. The first-order chi connectivity index (χ1) is 13.4. The lowest BCUT2D eigenvalue weighted by atomic mass is 9.87. The van der Waals surface area contributed by atoms with E-state index in [0.717, 1.165) is 18.2 Å². The zero-order valence-corrected chi connectivity index (χ0v) is 15.9. The maximum absolute atomic E-state index is 14.1. The smallest absolute Gasteiger partial charge is 0.226 e. The summed E-state index contributed by atoms with van der Waals surface area (Å²) in [4.78, 5) is 20.6. The van der Waals surface area contributed by atoms with Crippen molar-refractivity contribution in [2.45, 2.75) is 25.4 Å². The van der Waals surface area contributed by atoms with Crippen LogP contribution in [0.4, 0.5) is 10.2 Å². The second kappa shape index (κ2) is 7.39. The van der Waals surface area contributed by atoms with Gasteiger partial charge in [0.05, 0.1) is 18.2 Å². The topological polar surface area (TPSA) is 87.1 Å². The van der Waals surface area contributed by atoms with Gasteiger partial charge in [-0.2, -0.15) is 4.98 Å². The maximum Gasteiger partial charge on any atom is 0.226 e. The number of amides is 1. The molecule has 1 saturated carbocycles. The molecule has 0 spiro atoms. The van der Waals surface area contributed by atoms with Crippen LogP contribution in [0.25, 0.3) is 0 Å². The quantitative estimate of drug-likeness (QED) is 0.526. The van der Waals surface area contributed by atoms with Crippen molar-refractivity contribution in [3.05, 3.63) is 59.3 Å². The highest BCUT2D eigenvalue weighted by Crippen LogP contribution is 2.45. The van der Waals surface area contributed by atoms with Gasteiger partial charge >= 0.3 is 0 Å². The van der Waals surface area contributed by atoms with Crippen LogP contribution in [-0.2, 0) is 4.79 Å². The van der Waals surface area contributed by atoms with Crippen LogP contribution in [0.5, 0.6) is 5.75 Å². The number of rotatable bonds is 5. The van der Waals surface area contributed by atoms with Gasteiger partial charge in [-0.3, -0.25) is 4.79 Å². The second-order valence-corrected chi connectivity index (χ2v) is 7.64. The molecule has 0 saturated heterocycles. The fourth-order valence-corrected chi connectivity index (χ4v) is 4.27. The van der Waals surface area contributed by atoms with Gasteiger partial charge in [0, 0.05) is 6.04 Å². The number of phenolic OH excluding ortho intramolecular Hbond substituents is 1. The van der Waals surface area contributed by atoms with Gasteiger partial charge in [0.25, 0.3) is 0 Å². The molecule has 3 N–H and O–H groups in total. The third kappa shape index (κ3) is 3.54. The van der Waals surface area contributed by atoms with Crippen molar-refractivity contribution in [2.75, 3.05) is 5.32 Å². The normalized spacial score (nSPS) is 26.2. The Morgan fingerprint density at radius 2 is 2.00 bits per heavy atom. The van der Waals surface area contributed by atoms with Crippen molar-refractivity contribution >= 4 is 23.3 Å². The molecule has 28 heavy (non-hydrogen) atoms. The van der Waals surface area contributed by atoms with Crippen molar-refractivity contribution in [3.8, 4) is 5.75 Å². The second-order valence-electron chi connectivity index (χ2n) is 7.30. The fourth-order valence-electron chi connectivity index (χ4n) is 4.14. The first-order valence-electron chi connectivity index (χ1n) is 9.14. The zero-order chi connectivity index (χ0) is 19.8. The number of carbonyl (C=O) groups excluding carboxylic acids is 1. The Labute approximate surface area is 166 Å². The highest BCUT2D eigenvalue weighted by molar-refractivity contribution is 6.28. The summed E-state index contributed by atoms with van der Waals surface area (Å²) in [6, 6.07) is 6.22. The molecular weight excluding hydrogens is 383 g/mol. The summed E-state index contributed by atoms with van der Waals surface area (Å²) in [5, 5.41) is 15.5. The van der Waals surface area contributed by atoms with Crippen LogP contribution in [0.1, 0.15) is 24.9 Å². The molecule has 6 nitrogen and oxygen atoms in total. The third-order valence-corrected chi connectivity index (χ3v) is 5.71. The Morgan fingerprint density at radius 3 is 2.75 bits per heavy atom. The molecule has 2 bridgehead atoms. The van der Waals surface area contributed by atoms with E-state index in [1.807, 2.05) is 6.92 Å². The molecule has 1 aromatic heterocycles. The predicted octanol–water partition coefficient (Wildman–Crippen LogP) is 3.45. The number of anilines is 1. The number of aromatic hydroxyl groups is 1. The summed E-state index contributed by atoms with van der Waals surface area (Å²) in [5.74, 6) is -0.649. The Kier molecular flexibility index (Phi) is 4.93. The van der Waals surface area contributed by atoms with E-state index in [-0.39, 0.29) is 52.6 Å². The van der Waals surface area contributed by atoms with Gasteiger partial charge in [-0.1, -0.05) is 24.3 Å². The maximum atomic E-state index is 14.1. The molecule has 146 valence electrons. The van der Waals surface area contributed by atoms with E-state index in [0.29, 0.717) is 0 Å². The summed E-state index contributed by atoms with van der Waals surface area (Å²) in [6.45, 7) is 1.89. The number of carbonyl (C=O) groups is 1. The molecule has 0 unspecified atom stereocenters. The van der Waals surface area contributed by atoms with Crippen molar-refractivity contribution in [2.24, 2.45) is 17.8 Å². The van der Waals surface area contributed by atoms with Crippen LogP contribution in [0.3, 0.4) is 0 Å². The number of hydrogen-bond acceptors (Lipinski definition) is 5. The van der Waals surface area contributed by atoms with Gasteiger partial charge in [-0.25, -0.2) is 9.37 Å². The van der Waals surface area contributed by atoms with Crippen molar-refractivity contribution in [1.29, 1.82) is 0 Å². The molecule has 2 aliphatic rings. The van der Waals surface area contributed by atoms with Crippen molar-refractivity contribution in [1.82, 2.24) is 15.3 Å². The fraction of sp³-hybridized carbons (Fsp3) is 0.350. The molecule has 1 heterocycles. The van der Waals surface area contributed by atoms with Gasteiger partial charge in [0.15, 0.2) is 11.6 Å². The number of fused-ring (bicyclic) bond motifs is 2. The minimum absolute atomic E-state index is 0.00957. The van der Waals surface area contributed by atoms with Gasteiger partial charge in [0.1, 0.15) is 5.75 Å². The molecule has 0 aliphatic heterocycles. The predicted molar refractivity (Wildman–Crippen MR) is 103 cm³/mol. The van der Waals surface area contributed by atoms with E-state index in [2.05, 4.69) is 32.8 Å². The lowest BCUT2D eigenvalue weighted by molar-refractivity contribution is -0.126. The van der Waals surface area contributed by atoms with Gasteiger partial charge in [-0.15, -0.1) is 0 Å². The van der Waals surface area contributed by atoms with Gasteiger partial charge in [0.2, 0.25) is 11.2 Å². The van der Waals surface area contributed by atoms with E-state index in [9.17, 15) is 14.3 Å². The van der Waals surface area contributed by atoms with Crippen LogP contribution in [0.15, 0.2) is 42.6 Å². The Balaban J connectivity index is 1.51. The number of phenols is 1. The average molecular weight is 403 g/mol. The Bertz CT molecular complexity index is 921. The summed E-state index contributed by atoms with van der Waals surface area (Å²) in [6.07, 6.45) is 5.98. The van der Waals surface area contributed by atoms with Crippen molar-refractivity contribution < 1.29 is 14.3 Å². The number of nitrogens with zero attached hydrogens (tertiary/aromatic N) is 2. The molecule has 1 fully saturated rings. The number of aromatic nitrogens is 2. The van der Waals surface area contributed by atoms with E-state index in [1.54, 1.807) is 24.3 Å². The van der Waals surface area contributed by atoms with Crippen LogP contribution in [0.2, 0.25) is 5.28 Å². The Hall–Kier alpha value is -2.67. The molecule has 8 heteroatoms. The molecule has 2 aromatic rings. The summed E-state index contributed by atoms with van der Waals surface area (Å²) in [5.41, 5.74) is 0.892. The standard InChI is InChI=1S/C20H20ClFN4O2/c1-10(11-4-6-14(27)7-5-11)24-19(28)16-12-2-3-13(8-12)17(16)25-18-15(22)9-23-20(21)26-18/h2-7,9-10,12-13,16-17,27H,8H2,1H3,(H,24,28)(H,23,25,26)/t10-,12+,13-,16-,17+/m1/s1.